The second kappa shape index (κ2) is 6.45. The van der Waals surface area contributed by atoms with Crippen molar-refractivity contribution in [2.24, 2.45) is 5.92 Å². The maximum Gasteiger partial charge on any atom is 0.183 e. The normalized spacial score (nSPS) is 13.1. The van der Waals surface area contributed by atoms with Gasteiger partial charge in [0.05, 0.1) is 6.10 Å². The SMILES string of the molecule is CCC(CC)C(O)CNc1nc(Br)cs1. The largest absolute Gasteiger partial charge is 0.391 e. The number of aliphatic hydroxyl groups excluding tert-OH is 1. The Hall–Kier alpha value is -0.130. The zero-order valence-electron chi connectivity index (χ0n) is 9.03. The molecule has 1 heterocycles. The Kier molecular flexibility index (Phi) is 5.56. The molecule has 0 aliphatic carbocycles. The van der Waals surface area contributed by atoms with Crippen molar-refractivity contribution in [3.8, 4) is 0 Å². The number of nitrogens with one attached hydrogen (secondary N) is 1. The van der Waals surface area contributed by atoms with Gasteiger partial charge < -0.3 is 10.4 Å². The van der Waals surface area contributed by atoms with Gasteiger partial charge in [-0.1, -0.05) is 26.7 Å². The van der Waals surface area contributed by atoms with Crippen molar-refractivity contribution in [2.45, 2.75) is 32.8 Å². The summed E-state index contributed by atoms with van der Waals surface area (Å²) in [5, 5.41) is 15.8. The Labute approximate surface area is 103 Å². The van der Waals surface area contributed by atoms with E-state index in [1.807, 2.05) is 5.38 Å². The van der Waals surface area contributed by atoms with Crippen LogP contribution < -0.4 is 5.32 Å². The zero-order chi connectivity index (χ0) is 11.3. The molecule has 1 aromatic rings. The lowest BCUT2D eigenvalue weighted by atomic mass is 9.97. The topological polar surface area (TPSA) is 45.1 Å². The third-order valence-electron chi connectivity index (χ3n) is 2.53. The summed E-state index contributed by atoms with van der Waals surface area (Å²) in [6.07, 6.45) is 1.74. The van der Waals surface area contributed by atoms with E-state index in [-0.39, 0.29) is 6.10 Å². The summed E-state index contributed by atoms with van der Waals surface area (Å²) in [4.78, 5) is 4.21. The second-order valence-electron chi connectivity index (χ2n) is 3.50. The molecular weight excluding hydrogens is 276 g/mol. The highest BCUT2D eigenvalue weighted by Crippen LogP contribution is 2.20. The molecule has 0 aromatic carbocycles. The minimum absolute atomic E-state index is 0.289. The van der Waals surface area contributed by atoms with Crippen molar-refractivity contribution < 1.29 is 5.11 Å². The number of hydrogen-bond donors (Lipinski definition) is 2. The molecule has 0 aliphatic heterocycles. The molecule has 1 aromatic heterocycles. The van der Waals surface area contributed by atoms with E-state index in [2.05, 4.69) is 40.1 Å². The van der Waals surface area contributed by atoms with Crippen LogP contribution in [0.2, 0.25) is 0 Å². The number of aromatic nitrogens is 1. The molecule has 0 bridgehead atoms. The first-order valence-electron chi connectivity index (χ1n) is 5.20. The Balaban J connectivity index is 2.36. The molecule has 2 N–H and O–H groups in total. The maximum absolute atomic E-state index is 9.88. The average Bonchev–Trinajstić information content (AvgIpc) is 2.63. The number of anilines is 1. The molecule has 1 rings (SSSR count). The van der Waals surface area contributed by atoms with Crippen molar-refractivity contribution in [3.05, 3.63) is 9.98 Å². The van der Waals surface area contributed by atoms with E-state index in [1.54, 1.807) is 0 Å². The first-order valence-corrected chi connectivity index (χ1v) is 6.87. The molecular formula is C10H17BrN2OS. The molecule has 0 saturated carbocycles. The molecule has 5 heteroatoms. The van der Waals surface area contributed by atoms with Crippen LogP contribution in [0.3, 0.4) is 0 Å². The quantitative estimate of drug-likeness (QED) is 0.847. The van der Waals surface area contributed by atoms with Gasteiger partial charge in [0.25, 0.3) is 0 Å². The van der Waals surface area contributed by atoms with Gasteiger partial charge in [0.2, 0.25) is 0 Å². The number of hydrogen-bond acceptors (Lipinski definition) is 4. The number of nitrogens with zero attached hydrogens (tertiary/aromatic N) is 1. The van der Waals surface area contributed by atoms with Crippen molar-refractivity contribution in [3.63, 3.8) is 0 Å². The summed E-state index contributed by atoms with van der Waals surface area (Å²) in [5.74, 6) is 0.376. The number of rotatable bonds is 6. The number of halogens is 1. The molecule has 3 nitrogen and oxygen atoms in total. The summed E-state index contributed by atoms with van der Waals surface area (Å²) in [5.41, 5.74) is 0. The first-order chi connectivity index (χ1) is 7.17. The Bertz CT molecular complexity index is 289. The van der Waals surface area contributed by atoms with Gasteiger partial charge >= 0.3 is 0 Å². The van der Waals surface area contributed by atoms with Crippen LogP contribution in [0.4, 0.5) is 5.13 Å². The van der Waals surface area contributed by atoms with Crippen LogP contribution in [0.25, 0.3) is 0 Å². The molecule has 1 atom stereocenters. The highest BCUT2D eigenvalue weighted by atomic mass is 79.9. The molecule has 0 radical (unpaired) electrons. The molecule has 0 spiro atoms. The predicted octanol–water partition coefficient (Wildman–Crippen LogP) is 3.11. The van der Waals surface area contributed by atoms with Gasteiger partial charge in [0, 0.05) is 11.9 Å². The van der Waals surface area contributed by atoms with Gasteiger partial charge in [-0.25, -0.2) is 4.98 Å². The van der Waals surface area contributed by atoms with Crippen LogP contribution in [0, 0.1) is 5.92 Å². The van der Waals surface area contributed by atoms with Crippen LogP contribution in [-0.4, -0.2) is 22.7 Å². The first kappa shape index (κ1) is 12.9. The zero-order valence-corrected chi connectivity index (χ0v) is 11.4. The van der Waals surface area contributed by atoms with Gasteiger partial charge in [-0.3, -0.25) is 0 Å². The standard InChI is InChI=1S/C10H17BrN2OS/c1-3-7(4-2)8(14)5-12-10-13-9(11)6-15-10/h6-8,14H,3-5H2,1-2H3,(H,12,13). The van der Waals surface area contributed by atoms with Crippen molar-refractivity contribution >= 4 is 32.4 Å². The van der Waals surface area contributed by atoms with Crippen LogP contribution in [0.15, 0.2) is 9.98 Å². The summed E-state index contributed by atoms with van der Waals surface area (Å²) in [7, 11) is 0. The van der Waals surface area contributed by atoms with Gasteiger partial charge in [0.15, 0.2) is 5.13 Å². The fraction of sp³-hybridized carbons (Fsp3) is 0.700. The lowest BCUT2D eigenvalue weighted by Gasteiger charge is -2.19. The third kappa shape index (κ3) is 4.09. The second-order valence-corrected chi connectivity index (χ2v) is 5.17. The highest BCUT2D eigenvalue weighted by Gasteiger charge is 2.15. The molecule has 0 aliphatic rings. The Morgan fingerprint density at radius 3 is 2.67 bits per heavy atom. The minimum atomic E-state index is -0.289. The average molecular weight is 293 g/mol. The Morgan fingerprint density at radius 1 is 1.53 bits per heavy atom. The Morgan fingerprint density at radius 2 is 2.20 bits per heavy atom. The van der Waals surface area contributed by atoms with E-state index in [0.29, 0.717) is 12.5 Å². The highest BCUT2D eigenvalue weighted by molar-refractivity contribution is 9.10. The van der Waals surface area contributed by atoms with Crippen LogP contribution >= 0.6 is 27.3 Å². The van der Waals surface area contributed by atoms with Crippen molar-refractivity contribution in [1.29, 1.82) is 0 Å². The van der Waals surface area contributed by atoms with E-state index >= 15 is 0 Å². The summed E-state index contributed by atoms with van der Waals surface area (Å²) < 4.78 is 0.840. The van der Waals surface area contributed by atoms with Gasteiger partial charge in [0.1, 0.15) is 4.60 Å². The molecule has 15 heavy (non-hydrogen) atoms. The molecule has 0 fully saturated rings. The van der Waals surface area contributed by atoms with E-state index in [1.165, 1.54) is 11.3 Å². The van der Waals surface area contributed by atoms with E-state index < -0.39 is 0 Å². The maximum atomic E-state index is 9.88. The van der Waals surface area contributed by atoms with E-state index in [4.69, 9.17) is 0 Å². The summed E-state index contributed by atoms with van der Waals surface area (Å²) >= 11 is 4.83. The molecule has 86 valence electrons. The third-order valence-corrected chi connectivity index (χ3v) is 4.04. The van der Waals surface area contributed by atoms with Gasteiger partial charge in [-0.15, -0.1) is 11.3 Å². The van der Waals surface area contributed by atoms with Crippen LogP contribution in [0.5, 0.6) is 0 Å². The predicted molar refractivity (Wildman–Crippen MR) is 68.4 cm³/mol. The number of aliphatic hydroxyl groups is 1. The van der Waals surface area contributed by atoms with Gasteiger partial charge in [-0.05, 0) is 21.8 Å². The summed E-state index contributed by atoms with van der Waals surface area (Å²) in [6.45, 7) is 4.79. The monoisotopic (exact) mass is 292 g/mol. The molecule has 0 amide bonds. The smallest absolute Gasteiger partial charge is 0.183 e. The van der Waals surface area contributed by atoms with Crippen LogP contribution in [-0.2, 0) is 0 Å². The fourth-order valence-electron chi connectivity index (χ4n) is 1.53. The van der Waals surface area contributed by atoms with E-state index in [0.717, 1.165) is 22.6 Å². The van der Waals surface area contributed by atoms with Crippen molar-refractivity contribution in [1.82, 2.24) is 4.98 Å². The van der Waals surface area contributed by atoms with Crippen molar-refractivity contribution in [2.75, 3.05) is 11.9 Å². The van der Waals surface area contributed by atoms with Crippen LogP contribution in [0.1, 0.15) is 26.7 Å². The molecule has 0 saturated heterocycles. The molecule has 1 unspecified atom stereocenters. The lowest BCUT2D eigenvalue weighted by Crippen LogP contribution is -2.27. The van der Waals surface area contributed by atoms with Gasteiger partial charge in [-0.2, -0.15) is 0 Å². The minimum Gasteiger partial charge on any atom is -0.391 e. The van der Waals surface area contributed by atoms with E-state index in [9.17, 15) is 5.11 Å². The fourth-order valence-corrected chi connectivity index (χ4v) is 2.68. The summed E-state index contributed by atoms with van der Waals surface area (Å²) in [6, 6.07) is 0. The number of thiazole rings is 1. The lowest BCUT2D eigenvalue weighted by molar-refractivity contribution is 0.114.